The van der Waals surface area contributed by atoms with Crippen molar-refractivity contribution in [2.24, 2.45) is 0 Å². The van der Waals surface area contributed by atoms with E-state index in [4.69, 9.17) is 0 Å². The van der Waals surface area contributed by atoms with Crippen LogP contribution in [0.15, 0.2) is 131 Å². The number of aromatic nitrogens is 4. The maximum absolute atomic E-state index is 15.1. The molecule has 0 saturated heterocycles. The highest BCUT2D eigenvalue weighted by atomic mass is 19.1. The highest BCUT2D eigenvalue weighted by molar-refractivity contribution is 6.03. The molecular formula is C70H74F2N10O6. The predicted octanol–water partition coefficient (Wildman–Crippen LogP) is 7.84. The number of fused-ring (bicyclic) bond motifs is 4. The summed E-state index contributed by atoms with van der Waals surface area (Å²) in [6, 6.07) is 28.0. The van der Waals surface area contributed by atoms with E-state index in [0.29, 0.717) is 46.7 Å². The van der Waals surface area contributed by atoms with Crippen molar-refractivity contribution < 1.29 is 28.0 Å². The number of nitrogens with zero attached hydrogens (tertiary/aromatic N) is 4. The maximum Gasteiger partial charge on any atom is 0.251 e. The van der Waals surface area contributed by atoms with E-state index in [1.807, 2.05) is 112 Å². The Morgan fingerprint density at radius 2 is 0.920 bits per heavy atom. The first-order chi connectivity index (χ1) is 42.2. The molecule has 0 unspecified atom stereocenters. The molecular weight excluding hydrogens is 1110 g/mol. The molecule has 4 aromatic heterocycles. The molecule has 2 aliphatic heterocycles. The van der Waals surface area contributed by atoms with Crippen LogP contribution in [-0.4, -0.2) is 94.1 Å². The summed E-state index contributed by atoms with van der Waals surface area (Å²) in [6.07, 6.45) is 5.66. The standard InChI is InChI=1S/C70H74F2N10O6/c1-9-53(73-7)65(85)75-55(67(87)81-41-69(3,4)61-59(81)37-45(63(83)77-61)33-43-23-27-49(71)28-24-43)35-47-39-79(57-21-15-13-19-51(47)57)31-17-11-12-18-32-80-40-48(52-20-14-16-22-58(52)80)36-56(76-66(86)54(10-2)74-8)68(88)82-42-70(5,6)62-60(82)38-46(64(84)78-62)34-44-25-29-50(72)30-26-44/h13-16,19-30,37-40,53-56,73-74H,9-10,31-36,41-42H2,1-8H3,(H,75,85)(H,76,86)(H,77,83)(H,78,84)/t53-,54-,55-,56-/m0/s1. The molecule has 2 aliphatic rings. The first kappa shape index (κ1) is 61.7. The van der Waals surface area contributed by atoms with Gasteiger partial charge in [0, 0.05) is 106 Å². The van der Waals surface area contributed by atoms with Gasteiger partial charge in [-0.25, -0.2) is 8.78 Å². The van der Waals surface area contributed by atoms with Gasteiger partial charge in [0.15, 0.2) is 0 Å². The number of carbonyl (C=O) groups excluding carboxylic acids is 4. The lowest BCUT2D eigenvalue weighted by Gasteiger charge is -2.27. The van der Waals surface area contributed by atoms with Crippen molar-refractivity contribution in [3.05, 3.63) is 199 Å². The fraction of sp³-hybridized carbons (Fsp3) is 0.343. The summed E-state index contributed by atoms with van der Waals surface area (Å²) in [6.45, 7) is 12.7. The van der Waals surface area contributed by atoms with Gasteiger partial charge in [-0.2, -0.15) is 0 Å². The minimum Gasteiger partial charge on any atom is -0.343 e. The fourth-order valence-corrected chi connectivity index (χ4v) is 12.4. The zero-order valence-corrected chi connectivity index (χ0v) is 50.9. The summed E-state index contributed by atoms with van der Waals surface area (Å²) >= 11 is 0. The van der Waals surface area contributed by atoms with Crippen molar-refractivity contribution in [3.8, 4) is 23.7 Å². The van der Waals surface area contributed by atoms with E-state index in [0.717, 1.165) is 44.1 Å². The Labute approximate surface area is 510 Å². The topological polar surface area (TPSA) is 198 Å². The molecule has 4 atom stereocenters. The highest BCUT2D eigenvalue weighted by Gasteiger charge is 2.44. The number of amides is 4. The van der Waals surface area contributed by atoms with Gasteiger partial charge in [0.05, 0.1) is 36.5 Å². The van der Waals surface area contributed by atoms with E-state index < -0.39 is 35.0 Å². The Bertz CT molecular complexity index is 3950. The minimum atomic E-state index is -1.000. The fourth-order valence-electron chi connectivity index (χ4n) is 12.4. The minimum absolute atomic E-state index is 0.153. The summed E-state index contributed by atoms with van der Waals surface area (Å²) in [7, 11) is 3.41. The number of hydrogen-bond donors (Lipinski definition) is 6. The molecule has 0 spiro atoms. The van der Waals surface area contributed by atoms with Crippen LogP contribution in [0.5, 0.6) is 0 Å². The molecule has 6 N–H and O–H groups in total. The predicted molar refractivity (Wildman–Crippen MR) is 340 cm³/mol. The second-order valence-corrected chi connectivity index (χ2v) is 24.2. The number of likely N-dealkylation sites (N-methyl/N-ethyl adjacent to an activating group) is 2. The summed E-state index contributed by atoms with van der Waals surface area (Å²) in [5.74, 6) is 10.4. The van der Waals surface area contributed by atoms with E-state index in [1.165, 1.54) is 24.3 Å². The van der Waals surface area contributed by atoms with Gasteiger partial charge in [-0.05, 0) is 110 Å². The molecule has 4 aromatic carbocycles. The third-order valence-electron chi connectivity index (χ3n) is 17.1. The number of hydrogen-bond acceptors (Lipinski definition) is 8. The molecule has 0 aliphatic carbocycles. The number of pyridine rings is 2. The molecule has 0 saturated carbocycles. The SMILES string of the molecule is CC[C@H](NC)C(=O)N[C@@H](Cc1cn(CC#CC#CCn2cc(C[C@H](NC(=O)[C@H](CC)NC)C(=O)N3CC(C)(C)c4[nH]c(=O)c(Cc5ccc(F)cc5)cc43)c3ccccc32)c2ccccc12)C(=O)N1CC(C)(C)c2[nH]c(=O)c(Cc3ccc(F)cc3)cc21. The van der Waals surface area contributed by atoms with Crippen LogP contribution in [0.2, 0.25) is 0 Å². The summed E-state index contributed by atoms with van der Waals surface area (Å²) < 4.78 is 31.6. The van der Waals surface area contributed by atoms with Crippen LogP contribution < -0.4 is 42.2 Å². The maximum atomic E-state index is 15.1. The van der Waals surface area contributed by atoms with Crippen LogP contribution in [0.25, 0.3) is 21.8 Å². The number of carbonyl (C=O) groups is 4. The summed E-state index contributed by atoms with van der Waals surface area (Å²) in [5, 5.41) is 14.1. The van der Waals surface area contributed by atoms with Gasteiger partial charge in [0.2, 0.25) is 23.6 Å². The zero-order chi connectivity index (χ0) is 62.6. The Morgan fingerprint density at radius 1 is 0.545 bits per heavy atom. The normalized spacial score (nSPS) is 15.1. The lowest BCUT2D eigenvalue weighted by atomic mass is 9.91. The van der Waals surface area contributed by atoms with Crippen molar-refractivity contribution >= 4 is 56.8 Å². The van der Waals surface area contributed by atoms with Gasteiger partial charge in [-0.3, -0.25) is 28.8 Å². The average Bonchev–Trinajstić information content (AvgIpc) is 1.69. The van der Waals surface area contributed by atoms with E-state index in [9.17, 15) is 28.0 Å². The third kappa shape index (κ3) is 13.0. The largest absolute Gasteiger partial charge is 0.343 e. The molecule has 4 amide bonds. The zero-order valence-electron chi connectivity index (χ0n) is 50.9. The number of nitrogens with one attached hydrogen (secondary N) is 6. The van der Waals surface area contributed by atoms with E-state index in [-0.39, 0.29) is 98.2 Å². The number of benzene rings is 4. The van der Waals surface area contributed by atoms with Crippen molar-refractivity contribution in [1.29, 1.82) is 0 Å². The number of para-hydroxylation sites is 2. The van der Waals surface area contributed by atoms with Crippen molar-refractivity contribution in [3.63, 3.8) is 0 Å². The van der Waals surface area contributed by atoms with Gasteiger partial charge in [0.1, 0.15) is 23.7 Å². The first-order valence-electron chi connectivity index (χ1n) is 29.9. The van der Waals surface area contributed by atoms with Crippen LogP contribution in [0.1, 0.15) is 99.2 Å². The van der Waals surface area contributed by atoms with E-state index in [2.05, 4.69) is 54.9 Å². The second kappa shape index (κ2) is 25.9. The first-order valence-corrected chi connectivity index (χ1v) is 29.9. The Hall–Kier alpha value is -9.36. The third-order valence-corrected chi connectivity index (χ3v) is 17.1. The van der Waals surface area contributed by atoms with Crippen molar-refractivity contribution in [2.75, 3.05) is 37.0 Å². The van der Waals surface area contributed by atoms with Gasteiger partial charge < -0.3 is 50.2 Å². The van der Waals surface area contributed by atoms with E-state index >= 15 is 9.59 Å². The van der Waals surface area contributed by atoms with Crippen molar-refractivity contribution in [2.45, 2.75) is 128 Å². The molecule has 6 heterocycles. The molecule has 18 heteroatoms. The number of rotatable bonds is 20. The highest BCUT2D eigenvalue weighted by Crippen LogP contribution is 2.41. The Balaban J connectivity index is 0.887. The van der Waals surface area contributed by atoms with Gasteiger partial charge in [-0.15, -0.1) is 0 Å². The molecule has 10 rings (SSSR count). The van der Waals surface area contributed by atoms with Crippen LogP contribution >= 0.6 is 0 Å². The number of aromatic amines is 2. The van der Waals surface area contributed by atoms with Gasteiger partial charge in [-0.1, -0.05) is 114 Å². The molecule has 0 bridgehead atoms. The van der Waals surface area contributed by atoms with Crippen LogP contribution in [0, 0.1) is 35.3 Å². The van der Waals surface area contributed by atoms with Crippen molar-refractivity contribution in [1.82, 2.24) is 40.4 Å². The van der Waals surface area contributed by atoms with Gasteiger partial charge in [0.25, 0.3) is 11.1 Å². The number of halogens is 2. The van der Waals surface area contributed by atoms with E-state index in [1.54, 1.807) is 60.3 Å². The summed E-state index contributed by atoms with van der Waals surface area (Å²) in [5.41, 5.74) is 6.25. The second-order valence-electron chi connectivity index (χ2n) is 24.2. The van der Waals surface area contributed by atoms with Gasteiger partial charge >= 0.3 is 0 Å². The Kier molecular flexibility index (Phi) is 18.2. The molecule has 88 heavy (non-hydrogen) atoms. The Morgan fingerprint density at radius 3 is 1.28 bits per heavy atom. The lowest BCUT2D eigenvalue weighted by Crippen LogP contribution is -2.54. The smallest absolute Gasteiger partial charge is 0.251 e. The summed E-state index contributed by atoms with van der Waals surface area (Å²) in [4.78, 5) is 94.4. The van der Waals surface area contributed by atoms with Crippen LogP contribution in [-0.2, 0) is 68.8 Å². The molecule has 454 valence electrons. The molecule has 0 radical (unpaired) electrons. The van der Waals surface area contributed by atoms with Crippen LogP contribution in [0.3, 0.4) is 0 Å². The number of H-pyrrole nitrogens is 2. The average molecular weight is 1190 g/mol. The van der Waals surface area contributed by atoms with Crippen LogP contribution in [0.4, 0.5) is 20.2 Å². The quantitative estimate of drug-likeness (QED) is 0.0415. The lowest BCUT2D eigenvalue weighted by molar-refractivity contribution is -0.128. The monoisotopic (exact) mass is 1190 g/mol. The molecule has 16 nitrogen and oxygen atoms in total. The molecule has 0 fully saturated rings. The molecule has 8 aromatic rings. The number of anilines is 2.